The van der Waals surface area contributed by atoms with E-state index in [9.17, 15) is 13.2 Å². The van der Waals surface area contributed by atoms with Gasteiger partial charge in [-0.1, -0.05) is 60.8 Å². The van der Waals surface area contributed by atoms with Crippen LogP contribution in [0.25, 0.3) is 11.3 Å². The summed E-state index contributed by atoms with van der Waals surface area (Å²) in [5.41, 5.74) is 3.83. The van der Waals surface area contributed by atoms with Gasteiger partial charge in [0.25, 0.3) is 5.91 Å². The van der Waals surface area contributed by atoms with Gasteiger partial charge in [-0.15, -0.1) is 0 Å². The smallest absolute Gasteiger partial charge is 0.257 e. The van der Waals surface area contributed by atoms with Gasteiger partial charge < -0.3 is 14.6 Å². The Morgan fingerprint density at radius 2 is 1.57 bits per heavy atom. The van der Waals surface area contributed by atoms with E-state index in [1.807, 2.05) is 6.92 Å². The van der Waals surface area contributed by atoms with Crippen LogP contribution < -0.4 is 15.2 Å². The summed E-state index contributed by atoms with van der Waals surface area (Å²) in [6, 6.07) is 5.91. The predicted molar refractivity (Wildman–Crippen MR) is 150 cm³/mol. The molecule has 7 nitrogen and oxygen atoms in total. The Kier molecular flexibility index (Phi) is 8.54. The van der Waals surface area contributed by atoms with Crippen molar-refractivity contribution in [1.29, 1.82) is 0 Å². The number of hydrogen-bond acceptors (Lipinski definition) is 4. The quantitative estimate of drug-likeness (QED) is 0.498. The van der Waals surface area contributed by atoms with E-state index in [1.54, 1.807) is 13.1 Å². The molecule has 8 heteroatoms. The van der Waals surface area contributed by atoms with Crippen LogP contribution in [0.5, 0.6) is 5.75 Å². The zero-order valence-corrected chi connectivity index (χ0v) is 24.6. The average Bonchev–Trinajstić information content (AvgIpc) is 3.12. The molecule has 3 N–H and O–H groups in total. The summed E-state index contributed by atoms with van der Waals surface area (Å²) in [6.45, 7) is 15.3. The molecule has 0 unspecified atom stereocenters. The molecule has 206 valence electrons. The average molecular weight is 532 g/mol. The lowest BCUT2D eigenvalue weighted by Crippen LogP contribution is -2.27. The van der Waals surface area contributed by atoms with Gasteiger partial charge in [0.2, 0.25) is 10.0 Å². The van der Waals surface area contributed by atoms with Gasteiger partial charge in [-0.2, -0.15) is 0 Å². The molecule has 1 saturated carbocycles. The SMILES string of the molecule is CNC(=O)COc1c(C(C)(C)C)cc(-c2cc(S(N)(=O)=O)c(C)n2CC2CCCCC2)cc1C(C)(C)C. The molecule has 0 spiro atoms. The number of hydrogen-bond donors (Lipinski definition) is 2. The number of aromatic nitrogens is 1. The van der Waals surface area contributed by atoms with Crippen molar-refractivity contribution in [1.82, 2.24) is 9.88 Å². The van der Waals surface area contributed by atoms with Crippen molar-refractivity contribution >= 4 is 15.9 Å². The second kappa shape index (κ2) is 10.8. The first-order valence-corrected chi connectivity index (χ1v) is 14.8. The number of likely N-dealkylation sites (N-methyl/N-ethyl adjacent to an activating group) is 1. The van der Waals surface area contributed by atoms with E-state index < -0.39 is 10.0 Å². The van der Waals surface area contributed by atoms with E-state index in [0.29, 0.717) is 17.4 Å². The van der Waals surface area contributed by atoms with Crippen molar-refractivity contribution in [2.24, 2.45) is 11.1 Å². The Hall–Kier alpha value is -2.32. The van der Waals surface area contributed by atoms with Gasteiger partial charge in [-0.3, -0.25) is 4.79 Å². The fourth-order valence-corrected chi connectivity index (χ4v) is 6.06. The maximum atomic E-state index is 12.5. The van der Waals surface area contributed by atoms with Crippen LogP contribution in [0.15, 0.2) is 23.1 Å². The Labute approximate surface area is 223 Å². The van der Waals surface area contributed by atoms with Gasteiger partial charge >= 0.3 is 0 Å². The first kappa shape index (κ1) is 29.2. The number of carbonyl (C=O) groups excluding carboxylic acids is 1. The van der Waals surface area contributed by atoms with Crippen LogP contribution in [0.1, 0.15) is 90.5 Å². The molecule has 0 radical (unpaired) electrons. The number of rotatable bonds is 7. The summed E-state index contributed by atoms with van der Waals surface area (Å²) in [7, 11) is -2.29. The first-order valence-electron chi connectivity index (χ1n) is 13.3. The Balaban J connectivity index is 2.28. The molecule has 0 aliphatic heterocycles. The molecule has 0 saturated heterocycles. The van der Waals surface area contributed by atoms with Gasteiger partial charge in [0, 0.05) is 36.1 Å². The van der Waals surface area contributed by atoms with Crippen molar-refractivity contribution < 1.29 is 17.9 Å². The number of benzene rings is 1. The monoisotopic (exact) mass is 531 g/mol. The molecule has 3 rings (SSSR count). The van der Waals surface area contributed by atoms with Gasteiger partial charge in [-0.05, 0) is 60.3 Å². The highest BCUT2D eigenvalue weighted by molar-refractivity contribution is 7.89. The summed E-state index contributed by atoms with van der Waals surface area (Å²) >= 11 is 0. The molecule has 1 amide bonds. The lowest BCUT2D eigenvalue weighted by Gasteiger charge is -2.31. The maximum absolute atomic E-state index is 12.5. The zero-order chi connectivity index (χ0) is 27.8. The highest BCUT2D eigenvalue weighted by Gasteiger charge is 2.30. The molecule has 1 aromatic heterocycles. The second-order valence-corrected chi connectivity index (χ2v) is 14.0. The largest absolute Gasteiger partial charge is 0.483 e. The maximum Gasteiger partial charge on any atom is 0.257 e. The van der Waals surface area contributed by atoms with Crippen LogP contribution in [-0.2, 0) is 32.2 Å². The first-order chi connectivity index (χ1) is 17.0. The molecule has 37 heavy (non-hydrogen) atoms. The topological polar surface area (TPSA) is 103 Å². The number of sulfonamides is 1. The van der Waals surface area contributed by atoms with Gasteiger partial charge in [0.15, 0.2) is 6.61 Å². The molecule has 0 atom stereocenters. The third-order valence-electron chi connectivity index (χ3n) is 7.42. The molecule has 0 bridgehead atoms. The molecule has 2 aromatic rings. The summed E-state index contributed by atoms with van der Waals surface area (Å²) in [4.78, 5) is 12.2. The Bertz CT molecular complexity index is 1210. The number of nitrogens with one attached hydrogen (secondary N) is 1. The zero-order valence-electron chi connectivity index (χ0n) is 23.8. The number of nitrogens with two attached hydrogens (primary N) is 1. The highest BCUT2D eigenvalue weighted by atomic mass is 32.2. The summed E-state index contributed by atoms with van der Waals surface area (Å²) in [5, 5.41) is 8.28. The predicted octanol–water partition coefficient (Wildman–Crippen LogP) is 5.41. The second-order valence-electron chi connectivity index (χ2n) is 12.5. The van der Waals surface area contributed by atoms with Crippen molar-refractivity contribution in [2.75, 3.05) is 13.7 Å². The minimum Gasteiger partial charge on any atom is -0.483 e. The standard InChI is InChI=1S/C29H45N3O4S/c1-19-25(37(30,34)35)16-24(32(19)17-20-12-10-9-11-13-20)21-14-22(28(2,3)4)27(36-18-26(33)31-8)23(15-21)29(5,6)7/h14-16,20H,9-13,17-18H2,1-8H3,(H,31,33)(H2,30,34,35). The fraction of sp³-hybridized carbons (Fsp3) is 0.621. The van der Waals surface area contributed by atoms with Crippen LogP contribution >= 0.6 is 0 Å². The summed E-state index contributed by atoms with van der Waals surface area (Å²) in [6.07, 6.45) is 5.98. The lowest BCUT2D eigenvalue weighted by atomic mass is 9.78. The van der Waals surface area contributed by atoms with Crippen molar-refractivity contribution in [2.45, 2.75) is 103 Å². The minimum atomic E-state index is -3.88. The van der Waals surface area contributed by atoms with Crippen LogP contribution in [0.4, 0.5) is 0 Å². The van der Waals surface area contributed by atoms with E-state index in [4.69, 9.17) is 9.88 Å². The van der Waals surface area contributed by atoms with Crippen molar-refractivity contribution in [3.63, 3.8) is 0 Å². The number of primary sulfonamides is 1. The number of ether oxygens (including phenoxy) is 1. The van der Waals surface area contributed by atoms with Crippen LogP contribution in [0, 0.1) is 12.8 Å². The normalized spacial score (nSPS) is 15.6. The lowest BCUT2D eigenvalue weighted by molar-refractivity contribution is -0.122. The Morgan fingerprint density at radius 1 is 1.03 bits per heavy atom. The minimum absolute atomic E-state index is 0.0747. The number of nitrogens with zero attached hydrogens (tertiary/aromatic N) is 1. The van der Waals surface area contributed by atoms with E-state index in [0.717, 1.165) is 41.8 Å². The van der Waals surface area contributed by atoms with Crippen LogP contribution in [0.2, 0.25) is 0 Å². The van der Waals surface area contributed by atoms with E-state index in [2.05, 4.69) is 63.6 Å². The molecular formula is C29H45N3O4S. The Morgan fingerprint density at radius 3 is 2.03 bits per heavy atom. The third kappa shape index (κ3) is 6.77. The number of amides is 1. The summed E-state index contributed by atoms with van der Waals surface area (Å²) in [5.74, 6) is 1.02. The summed E-state index contributed by atoms with van der Waals surface area (Å²) < 4.78 is 33.4. The highest BCUT2D eigenvalue weighted by Crippen LogP contribution is 2.44. The third-order valence-corrected chi connectivity index (χ3v) is 8.45. The van der Waals surface area contributed by atoms with Crippen molar-refractivity contribution in [3.05, 3.63) is 35.0 Å². The van der Waals surface area contributed by atoms with Gasteiger partial charge in [-0.25, -0.2) is 13.6 Å². The van der Waals surface area contributed by atoms with Gasteiger partial charge in [0.05, 0.1) is 0 Å². The van der Waals surface area contributed by atoms with Crippen LogP contribution in [-0.4, -0.2) is 32.5 Å². The number of carbonyl (C=O) groups is 1. The van der Waals surface area contributed by atoms with E-state index >= 15 is 0 Å². The van der Waals surface area contributed by atoms with Crippen molar-refractivity contribution in [3.8, 4) is 17.0 Å². The van der Waals surface area contributed by atoms with E-state index in [1.165, 1.54) is 19.3 Å². The van der Waals surface area contributed by atoms with E-state index in [-0.39, 0.29) is 28.2 Å². The molecule has 1 aromatic carbocycles. The molecule has 1 aliphatic rings. The molecular weight excluding hydrogens is 486 g/mol. The van der Waals surface area contributed by atoms with Gasteiger partial charge in [0.1, 0.15) is 10.6 Å². The molecule has 1 heterocycles. The van der Waals surface area contributed by atoms with Crippen LogP contribution in [0.3, 0.4) is 0 Å². The molecule has 1 aliphatic carbocycles. The fourth-order valence-electron chi connectivity index (χ4n) is 5.27. The molecule has 1 fully saturated rings.